The van der Waals surface area contributed by atoms with E-state index in [4.69, 9.17) is 5.11 Å². The van der Waals surface area contributed by atoms with E-state index in [1.165, 1.54) is 0 Å². The van der Waals surface area contributed by atoms with Gasteiger partial charge in [-0.2, -0.15) is 0 Å². The normalized spacial score (nSPS) is 17.5. The molecule has 1 amide bonds. The van der Waals surface area contributed by atoms with Crippen molar-refractivity contribution >= 4 is 33.6 Å². The number of pyridine rings is 1. The lowest BCUT2D eigenvalue weighted by Gasteiger charge is -2.37. The second kappa shape index (κ2) is 8.62. The van der Waals surface area contributed by atoms with E-state index in [9.17, 15) is 14.7 Å². The first kappa shape index (κ1) is 19.7. The summed E-state index contributed by atoms with van der Waals surface area (Å²) in [6.07, 6.45) is 0.413. The van der Waals surface area contributed by atoms with E-state index in [1.54, 1.807) is 11.1 Å². The van der Waals surface area contributed by atoms with Crippen LogP contribution in [0.5, 0.6) is 0 Å². The van der Waals surface area contributed by atoms with Crippen LogP contribution in [0.4, 0.5) is 5.82 Å². The van der Waals surface area contributed by atoms with Crippen LogP contribution in [0.25, 0.3) is 0 Å². The number of anilines is 1. The fourth-order valence-corrected chi connectivity index (χ4v) is 3.22. The van der Waals surface area contributed by atoms with Crippen molar-refractivity contribution in [3.63, 3.8) is 0 Å². The van der Waals surface area contributed by atoms with E-state index in [0.29, 0.717) is 32.6 Å². The monoisotopic (exact) mass is 413 g/mol. The molecular formula is C17H24BrN3O4. The highest BCUT2D eigenvalue weighted by Crippen LogP contribution is 2.22. The lowest BCUT2D eigenvalue weighted by Crippen LogP contribution is -2.53. The molecule has 25 heavy (non-hydrogen) atoms. The number of carbonyl (C=O) groups excluding carboxylic acids is 1. The number of hydrogen-bond acceptors (Lipinski definition) is 5. The Labute approximate surface area is 155 Å². The van der Waals surface area contributed by atoms with Crippen LogP contribution in [0.15, 0.2) is 22.8 Å². The summed E-state index contributed by atoms with van der Waals surface area (Å²) in [5.74, 6) is -1.57. The van der Waals surface area contributed by atoms with Gasteiger partial charge in [0, 0.05) is 36.8 Å². The Morgan fingerprint density at radius 3 is 2.36 bits per heavy atom. The number of hydrogen-bond donors (Lipinski definition) is 2. The van der Waals surface area contributed by atoms with Gasteiger partial charge in [0.05, 0.1) is 5.92 Å². The van der Waals surface area contributed by atoms with E-state index in [-0.39, 0.29) is 11.8 Å². The van der Waals surface area contributed by atoms with Crippen LogP contribution in [-0.4, -0.2) is 64.3 Å². The fourth-order valence-electron chi connectivity index (χ4n) is 2.99. The summed E-state index contributed by atoms with van der Waals surface area (Å²) >= 11 is 3.35. The van der Waals surface area contributed by atoms with Crippen LogP contribution >= 0.6 is 15.9 Å². The summed E-state index contributed by atoms with van der Waals surface area (Å²) in [5, 5.41) is 19.0. The van der Waals surface area contributed by atoms with Crippen LogP contribution < -0.4 is 4.90 Å². The molecule has 138 valence electrons. The minimum absolute atomic E-state index is 0.121. The van der Waals surface area contributed by atoms with Crippen molar-refractivity contribution in [2.75, 3.05) is 31.1 Å². The average molecular weight is 414 g/mol. The van der Waals surface area contributed by atoms with E-state index in [0.717, 1.165) is 10.3 Å². The Morgan fingerprint density at radius 1 is 1.24 bits per heavy atom. The van der Waals surface area contributed by atoms with Crippen LogP contribution in [0.2, 0.25) is 0 Å². The van der Waals surface area contributed by atoms with Crippen molar-refractivity contribution in [2.24, 2.45) is 11.8 Å². The van der Waals surface area contributed by atoms with Gasteiger partial charge in [-0.15, -0.1) is 0 Å². The number of piperazine rings is 1. The van der Waals surface area contributed by atoms with E-state index >= 15 is 0 Å². The molecule has 0 radical (unpaired) electrons. The van der Waals surface area contributed by atoms with Gasteiger partial charge in [0.2, 0.25) is 5.91 Å². The molecule has 0 saturated carbocycles. The van der Waals surface area contributed by atoms with Crippen molar-refractivity contribution in [3.8, 4) is 0 Å². The topological polar surface area (TPSA) is 94.0 Å². The summed E-state index contributed by atoms with van der Waals surface area (Å²) in [4.78, 5) is 32.0. The van der Waals surface area contributed by atoms with Crippen LogP contribution in [0.1, 0.15) is 20.3 Å². The number of aromatic nitrogens is 1. The van der Waals surface area contributed by atoms with Gasteiger partial charge in [-0.1, -0.05) is 13.8 Å². The molecule has 2 N–H and O–H groups in total. The Hall–Kier alpha value is -1.67. The van der Waals surface area contributed by atoms with Gasteiger partial charge in [0.15, 0.2) is 6.10 Å². The number of rotatable bonds is 6. The SMILES string of the molecule is CC(C)C[C@H](C(=O)N1CCN(c2ccc(Br)cn2)CC1)[C@H](O)C(=O)O. The zero-order chi connectivity index (χ0) is 18.6. The molecule has 2 atom stereocenters. The molecule has 8 heteroatoms. The van der Waals surface area contributed by atoms with Crippen molar-refractivity contribution in [1.29, 1.82) is 0 Å². The highest BCUT2D eigenvalue weighted by molar-refractivity contribution is 9.10. The number of carbonyl (C=O) groups is 2. The minimum atomic E-state index is -1.67. The third kappa shape index (κ3) is 5.15. The smallest absolute Gasteiger partial charge is 0.333 e. The van der Waals surface area contributed by atoms with Gasteiger partial charge in [0.1, 0.15) is 5.82 Å². The number of aliphatic hydroxyl groups excluding tert-OH is 1. The number of carboxylic acid groups (broad SMARTS) is 1. The van der Waals surface area contributed by atoms with E-state index in [1.807, 2.05) is 26.0 Å². The standard InChI is InChI=1S/C17H24BrN3O4/c1-11(2)9-13(15(22)17(24)25)16(23)21-7-5-20(6-8-21)14-4-3-12(18)10-19-14/h3-4,10-11,13,15,22H,5-9H2,1-2H3,(H,24,25)/t13-,15-/m0/s1. The largest absolute Gasteiger partial charge is 0.479 e. The van der Waals surface area contributed by atoms with Crippen molar-refractivity contribution in [1.82, 2.24) is 9.88 Å². The van der Waals surface area contributed by atoms with Gasteiger partial charge in [-0.05, 0) is 40.4 Å². The maximum absolute atomic E-state index is 12.7. The highest BCUT2D eigenvalue weighted by Gasteiger charge is 2.36. The number of carboxylic acids is 1. The molecule has 2 heterocycles. The molecule has 1 fully saturated rings. The number of halogens is 1. The molecule has 1 aliphatic heterocycles. The lowest BCUT2D eigenvalue weighted by atomic mass is 9.90. The van der Waals surface area contributed by atoms with E-state index in [2.05, 4.69) is 25.8 Å². The highest BCUT2D eigenvalue weighted by atomic mass is 79.9. The number of amides is 1. The van der Waals surface area contributed by atoms with Crippen LogP contribution in [0, 0.1) is 11.8 Å². The number of aliphatic carboxylic acids is 1. The van der Waals surface area contributed by atoms with Gasteiger partial charge in [0.25, 0.3) is 0 Å². The molecule has 1 aromatic heterocycles. The van der Waals surface area contributed by atoms with E-state index < -0.39 is 18.0 Å². The second-order valence-electron chi connectivity index (χ2n) is 6.67. The maximum Gasteiger partial charge on any atom is 0.333 e. The first-order valence-corrected chi connectivity index (χ1v) is 9.15. The van der Waals surface area contributed by atoms with Gasteiger partial charge < -0.3 is 20.0 Å². The molecule has 1 aliphatic rings. The summed E-state index contributed by atoms with van der Waals surface area (Å²) in [7, 11) is 0. The Kier molecular flexibility index (Phi) is 6.78. The third-order valence-corrected chi connectivity index (χ3v) is 4.77. The minimum Gasteiger partial charge on any atom is -0.479 e. The Balaban J connectivity index is 2.00. The van der Waals surface area contributed by atoms with Gasteiger partial charge in [-0.3, -0.25) is 4.79 Å². The molecule has 0 bridgehead atoms. The number of nitrogens with zero attached hydrogens (tertiary/aromatic N) is 3. The maximum atomic E-state index is 12.7. The molecule has 0 spiro atoms. The molecule has 2 rings (SSSR count). The first-order valence-electron chi connectivity index (χ1n) is 8.35. The molecule has 0 aromatic carbocycles. The average Bonchev–Trinajstić information content (AvgIpc) is 2.59. The second-order valence-corrected chi connectivity index (χ2v) is 7.58. The third-order valence-electron chi connectivity index (χ3n) is 4.30. The summed E-state index contributed by atoms with van der Waals surface area (Å²) < 4.78 is 0.907. The molecule has 1 saturated heterocycles. The van der Waals surface area contributed by atoms with Crippen molar-refractivity contribution in [2.45, 2.75) is 26.4 Å². The molecular weight excluding hydrogens is 390 g/mol. The van der Waals surface area contributed by atoms with Crippen molar-refractivity contribution < 1.29 is 19.8 Å². The number of aliphatic hydroxyl groups is 1. The predicted octanol–water partition coefficient (Wildman–Crippen LogP) is 1.60. The molecule has 1 aromatic rings. The van der Waals surface area contributed by atoms with Gasteiger partial charge in [-0.25, -0.2) is 9.78 Å². The van der Waals surface area contributed by atoms with Crippen LogP contribution in [0.3, 0.4) is 0 Å². The van der Waals surface area contributed by atoms with Crippen LogP contribution in [-0.2, 0) is 9.59 Å². The summed E-state index contributed by atoms with van der Waals surface area (Å²) in [5.41, 5.74) is 0. The Morgan fingerprint density at radius 2 is 1.88 bits per heavy atom. The fraction of sp³-hybridized carbons (Fsp3) is 0.588. The predicted molar refractivity (Wildman–Crippen MR) is 97.3 cm³/mol. The molecule has 0 unspecified atom stereocenters. The first-order chi connectivity index (χ1) is 11.8. The summed E-state index contributed by atoms with van der Waals surface area (Å²) in [6.45, 7) is 6.03. The summed E-state index contributed by atoms with van der Waals surface area (Å²) in [6, 6.07) is 3.83. The zero-order valence-electron chi connectivity index (χ0n) is 14.4. The van der Waals surface area contributed by atoms with Crippen molar-refractivity contribution in [3.05, 3.63) is 22.8 Å². The molecule has 0 aliphatic carbocycles. The van der Waals surface area contributed by atoms with Gasteiger partial charge >= 0.3 is 5.97 Å². The molecule has 7 nitrogen and oxygen atoms in total. The zero-order valence-corrected chi connectivity index (χ0v) is 16.0. The Bertz CT molecular complexity index is 600. The quantitative estimate of drug-likeness (QED) is 0.735. The lowest BCUT2D eigenvalue weighted by molar-refractivity contribution is -0.157.